The second-order valence-corrected chi connectivity index (χ2v) is 6.94. The molecule has 1 amide bonds. The number of nitrogens with zero attached hydrogens (tertiary/aromatic N) is 1. The highest BCUT2D eigenvalue weighted by atomic mass is 32.1. The summed E-state index contributed by atoms with van der Waals surface area (Å²) in [5, 5.41) is 3.84. The minimum Gasteiger partial charge on any atom is -0.352 e. The van der Waals surface area contributed by atoms with E-state index in [1.165, 1.54) is 12.1 Å². The lowest BCUT2D eigenvalue weighted by molar-refractivity contribution is 0.0953. The van der Waals surface area contributed by atoms with E-state index in [0.717, 1.165) is 33.1 Å². The zero-order valence-electron chi connectivity index (χ0n) is 14.2. The molecule has 0 radical (unpaired) electrons. The van der Waals surface area contributed by atoms with Gasteiger partial charge in [-0.25, -0.2) is 9.37 Å². The molecule has 2 aromatic carbocycles. The van der Waals surface area contributed by atoms with Crippen molar-refractivity contribution in [3.05, 3.63) is 76.0 Å². The van der Waals surface area contributed by atoms with E-state index in [1.54, 1.807) is 23.5 Å². The molecule has 1 aromatic heterocycles. The van der Waals surface area contributed by atoms with E-state index >= 15 is 0 Å². The standard InChI is InChI=1S/C20H19FN2OS/c1-13-5-3-4-6-17(13)19(24)22-12-11-18-14(2)23-20(25-18)15-7-9-16(21)10-8-15/h3-10H,11-12H2,1-2H3,(H,22,24). The number of nitrogens with one attached hydrogen (secondary N) is 1. The Bertz CT molecular complexity index is 887. The van der Waals surface area contributed by atoms with Gasteiger partial charge in [0, 0.05) is 29.0 Å². The zero-order valence-corrected chi connectivity index (χ0v) is 15.0. The summed E-state index contributed by atoms with van der Waals surface area (Å²) >= 11 is 1.58. The van der Waals surface area contributed by atoms with Crippen LogP contribution in [0.25, 0.3) is 10.6 Å². The Morgan fingerprint density at radius 3 is 2.56 bits per heavy atom. The average Bonchev–Trinajstić information content (AvgIpc) is 2.97. The molecule has 0 spiro atoms. The van der Waals surface area contributed by atoms with Crippen molar-refractivity contribution in [2.45, 2.75) is 20.3 Å². The first-order valence-electron chi connectivity index (χ1n) is 8.10. The van der Waals surface area contributed by atoms with Gasteiger partial charge in [-0.3, -0.25) is 4.79 Å². The summed E-state index contributed by atoms with van der Waals surface area (Å²) in [5.74, 6) is -0.310. The molecule has 0 unspecified atom stereocenters. The maximum atomic E-state index is 13.0. The number of aryl methyl sites for hydroxylation is 2. The van der Waals surface area contributed by atoms with Crippen LogP contribution in [0.2, 0.25) is 0 Å². The van der Waals surface area contributed by atoms with E-state index in [1.807, 2.05) is 38.1 Å². The predicted molar refractivity (Wildman–Crippen MR) is 99.5 cm³/mol. The molecule has 1 heterocycles. The lowest BCUT2D eigenvalue weighted by Gasteiger charge is -2.07. The van der Waals surface area contributed by atoms with Gasteiger partial charge in [0.15, 0.2) is 0 Å². The Hall–Kier alpha value is -2.53. The highest BCUT2D eigenvalue weighted by molar-refractivity contribution is 7.15. The predicted octanol–water partition coefficient (Wildman–Crippen LogP) is 4.54. The molecule has 5 heteroatoms. The van der Waals surface area contributed by atoms with Gasteiger partial charge in [0.1, 0.15) is 10.8 Å². The number of thiazole rings is 1. The number of carbonyl (C=O) groups excluding carboxylic acids is 1. The third-order valence-corrected chi connectivity index (χ3v) is 5.28. The third kappa shape index (κ3) is 4.12. The van der Waals surface area contributed by atoms with E-state index in [2.05, 4.69) is 10.3 Å². The molecule has 0 bridgehead atoms. The van der Waals surface area contributed by atoms with Gasteiger partial charge in [-0.05, 0) is 49.7 Å². The molecule has 1 N–H and O–H groups in total. The minimum absolute atomic E-state index is 0.0565. The number of hydrogen-bond acceptors (Lipinski definition) is 3. The van der Waals surface area contributed by atoms with Gasteiger partial charge in [-0.15, -0.1) is 11.3 Å². The molecule has 3 nitrogen and oxygen atoms in total. The second kappa shape index (κ2) is 7.57. The van der Waals surface area contributed by atoms with Crippen LogP contribution in [0.1, 0.15) is 26.5 Å². The highest BCUT2D eigenvalue weighted by Gasteiger charge is 2.11. The third-order valence-electron chi connectivity index (χ3n) is 4.01. The monoisotopic (exact) mass is 354 g/mol. The summed E-state index contributed by atoms with van der Waals surface area (Å²) in [6.07, 6.45) is 0.725. The summed E-state index contributed by atoms with van der Waals surface area (Å²) in [6.45, 7) is 4.44. The van der Waals surface area contributed by atoms with Crippen molar-refractivity contribution in [3.8, 4) is 10.6 Å². The molecule has 3 rings (SSSR count). The first kappa shape index (κ1) is 17.3. The van der Waals surface area contributed by atoms with Gasteiger partial charge in [-0.2, -0.15) is 0 Å². The molecule has 0 aliphatic heterocycles. The van der Waals surface area contributed by atoms with Crippen LogP contribution in [-0.2, 0) is 6.42 Å². The van der Waals surface area contributed by atoms with Crippen molar-refractivity contribution in [2.24, 2.45) is 0 Å². The van der Waals surface area contributed by atoms with Crippen molar-refractivity contribution in [1.82, 2.24) is 10.3 Å². The Labute approximate surface area is 150 Å². The van der Waals surface area contributed by atoms with E-state index in [9.17, 15) is 9.18 Å². The van der Waals surface area contributed by atoms with Gasteiger partial charge in [0.05, 0.1) is 5.69 Å². The van der Waals surface area contributed by atoms with Gasteiger partial charge >= 0.3 is 0 Å². The van der Waals surface area contributed by atoms with Crippen LogP contribution >= 0.6 is 11.3 Å². The SMILES string of the molecule is Cc1ccccc1C(=O)NCCc1sc(-c2ccc(F)cc2)nc1C. The van der Waals surface area contributed by atoms with E-state index in [0.29, 0.717) is 12.1 Å². The summed E-state index contributed by atoms with van der Waals surface area (Å²) in [5.41, 5.74) is 3.53. The van der Waals surface area contributed by atoms with Crippen molar-refractivity contribution in [3.63, 3.8) is 0 Å². The molecule has 0 fully saturated rings. The van der Waals surface area contributed by atoms with Gasteiger partial charge in [0.25, 0.3) is 5.91 Å². The first-order chi connectivity index (χ1) is 12.0. The summed E-state index contributed by atoms with van der Waals surface area (Å²) in [6, 6.07) is 13.9. The molecule has 3 aromatic rings. The molecule has 128 valence electrons. The van der Waals surface area contributed by atoms with Crippen LogP contribution < -0.4 is 5.32 Å². The second-order valence-electron chi connectivity index (χ2n) is 5.86. The Balaban J connectivity index is 1.63. The largest absolute Gasteiger partial charge is 0.352 e. The van der Waals surface area contributed by atoms with Crippen molar-refractivity contribution < 1.29 is 9.18 Å². The highest BCUT2D eigenvalue weighted by Crippen LogP contribution is 2.28. The molecule has 0 atom stereocenters. The fourth-order valence-electron chi connectivity index (χ4n) is 2.59. The quantitative estimate of drug-likeness (QED) is 0.731. The lowest BCUT2D eigenvalue weighted by Crippen LogP contribution is -2.26. The number of rotatable bonds is 5. The minimum atomic E-state index is -0.254. The van der Waals surface area contributed by atoms with Gasteiger partial charge < -0.3 is 5.32 Å². The summed E-state index contributed by atoms with van der Waals surface area (Å²) < 4.78 is 13.0. The number of aromatic nitrogens is 1. The lowest BCUT2D eigenvalue weighted by atomic mass is 10.1. The van der Waals surface area contributed by atoms with E-state index in [4.69, 9.17) is 0 Å². The summed E-state index contributed by atoms with van der Waals surface area (Å²) in [4.78, 5) is 17.9. The van der Waals surface area contributed by atoms with Crippen LogP contribution in [0.4, 0.5) is 4.39 Å². The number of halogens is 1. The fourth-order valence-corrected chi connectivity index (χ4v) is 3.66. The smallest absolute Gasteiger partial charge is 0.251 e. The number of amides is 1. The molecular weight excluding hydrogens is 335 g/mol. The molecule has 0 aliphatic carbocycles. The molecule has 0 saturated carbocycles. The Kier molecular flexibility index (Phi) is 5.24. The summed E-state index contributed by atoms with van der Waals surface area (Å²) in [7, 11) is 0. The van der Waals surface area contributed by atoms with Crippen molar-refractivity contribution in [1.29, 1.82) is 0 Å². The Morgan fingerprint density at radius 1 is 1.12 bits per heavy atom. The zero-order chi connectivity index (χ0) is 17.8. The molecule has 0 aliphatic rings. The van der Waals surface area contributed by atoms with Crippen LogP contribution in [0.15, 0.2) is 48.5 Å². The molecular formula is C20H19FN2OS. The van der Waals surface area contributed by atoms with Gasteiger partial charge in [0.2, 0.25) is 0 Å². The number of carbonyl (C=O) groups is 1. The topological polar surface area (TPSA) is 42.0 Å². The maximum Gasteiger partial charge on any atom is 0.251 e. The Morgan fingerprint density at radius 2 is 1.84 bits per heavy atom. The van der Waals surface area contributed by atoms with E-state index in [-0.39, 0.29) is 11.7 Å². The van der Waals surface area contributed by atoms with Crippen LogP contribution in [0.5, 0.6) is 0 Å². The maximum absolute atomic E-state index is 13.0. The van der Waals surface area contributed by atoms with Gasteiger partial charge in [-0.1, -0.05) is 18.2 Å². The number of benzene rings is 2. The van der Waals surface area contributed by atoms with Crippen LogP contribution in [0, 0.1) is 19.7 Å². The van der Waals surface area contributed by atoms with Crippen molar-refractivity contribution in [2.75, 3.05) is 6.54 Å². The first-order valence-corrected chi connectivity index (χ1v) is 8.92. The fraction of sp³-hybridized carbons (Fsp3) is 0.200. The van der Waals surface area contributed by atoms with E-state index < -0.39 is 0 Å². The number of hydrogen-bond donors (Lipinski definition) is 1. The van der Waals surface area contributed by atoms with Crippen LogP contribution in [0.3, 0.4) is 0 Å². The van der Waals surface area contributed by atoms with Crippen molar-refractivity contribution >= 4 is 17.2 Å². The normalized spacial score (nSPS) is 10.7. The van der Waals surface area contributed by atoms with Crippen LogP contribution in [-0.4, -0.2) is 17.4 Å². The molecule has 0 saturated heterocycles. The molecule has 25 heavy (non-hydrogen) atoms. The average molecular weight is 354 g/mol.